The van der Waals surface area contributed by atoms with Crippen molar-refractivity contribution in [2.45, 2.75) is 38.6 Å². The van der Waals surface area contributed by atoms with Crippen LogP contribution in [0.5, 0.6) is 0 Å². The maximum Gasteiger partial charge on any atom is 0.246 e. The molecule has 1 saturated carbocycles. The first-order valence-electron chi connectivity index (χ1n) is 11.7. The molecular formula is C27H33N5O. The van der Waals surface area contributed by atoms with E-state index in [2.05, 4.69) is 16.7 Å². The van der Waals surface area contributed by atoms with E-state index in [1.165, 1.54) is 0 Å². The Morgan fingerprint density at radius 1 is 1.00 bits per heavy atom. The molecule has 2 N–H and O–H groups in total. The Morgan fingerprint density at radius 3 is 2.42 bits per heavy atom. The lowest BCUT2D eigenvalue weighted by molar-refractivity contribution is -0.117. The number of para-hydroxylation sites is 1. The van der Waals surface area contributed by atoms with Crippen LogP contribution < -0.4 is 15.5 Å². The molecule has 1 heterocycles. The molecule has 6 nitrogen and oxygen atoms in total. The zero-order valence-electron chi connectivity index (χ0n) is 19.7. The first kappa shape index (κ1) is 22.8. The van der Waals surface area contributed by atoms with E-state index in [-0.39, 0.29) is 5.91 Å². The molecule has 3 aromatic rings. The maximum absolute atomic E-state index is 12.5. The van der Waals surface area contributed by atoms with Gasteiger partial charge in [-0.25, -0.2) is 4.98 Å². The van der Waals surface area contributed by atoms with Gasteiger partial charge in [0, 0.05) is 37.6 Å². The number of rotatable bonds is 7. The number of anilines is 2. The first-order chi connectivity index (χ1) is 16.0. The minimum atomic E-state index is 0.0138. The third-order valence-corrected chi connectivity index (χ3v) is 6.28. The van der Waals surface area contributed by atoms with Crippen LogP contribution in [0.3, 0.4) is 0 Å². The third kappa shape index (κ3) is 5.89. The quantitative estimate of drug-likeness (QED) is 0.509. The van der Waals surface area contributed by atoms with Crippen LogP contribution >= 0.6 is 0 Å². The highest BCUT2D eigenvalue weighted by atomic mass is 16.1. The lowest BCUT2D eigenvalue weighted by Gasteiger charge is -2.29. The molecule has 0 spiro atoms. The van der Waals surface area contributed by atoms with Crippen molar-refractivity contribution in [3.8, 4) is 0 Å². The number of carbonyl (C=O) groups is 1. The van der Waals surface area contributed by atoms with E-state index in [4.69, 9.17) is 9.97 Å². The fraction of sp³-hybridized carbons (Fsp3) is 0.370. The van der Waals surface area contributed by atoms with Crippen molar-refractivity contribution in [1.29, 1.82) is 0 Å². The Balaban J connectivity index is 1.29. The van der Waals surface area contributed by atoms with Crippen molar-refractivity contribution in [3.05, 3.63) is 65.7 Å². The highest BCUT2D eigenvalue weighted by molar-refractivity contribution is 5.97. The van der Waals surface area contributed by atoms with Gasteiger partial charge in [0.15, 0.2) is 0 Å². The SMILES string of the molecule is CC(=Cc1ccccc1)C(=O)NCC1CCC(Nc2nc(N(C)C)c3ccccc3n2)CC1. The monoisotopic (exact) mass is 443 g/mol. The molecule has 6 heteroatoms. The number of aromatic nitrogens is 2. The van der Waals surface area contributed by atoms with Gasteiger partial charge in [-0.3, -0.25) is 4.79 Å². The molecule has 0 aliphatic heterocycles. The third-order valence-electron chi connectivity index (χ3n) is 6.28. The summed E-state index contributed by atoms with van der Waals surface area (Å²) in [4.78, 5) is 24.0. The summed E-state index contributed by atoms with van der Waals surface area (Å²) < 4.78 is 0. The van der Waals surface area contributed by atoms with Gasteiger partial charge >= 0.3 is 0 Å². The van der Waals surface area contributed by atoms with Crippen LogP contribution in [0.1, 0.15) is 38.2 Å². The maximum atomic E-state index is 12.5. The average molecular weight is 444 g/mol. The zero-order chi connectivity index (χ0) is 23.2. The molecular weight excluding hydrogens is 410 g/mol. The van der Waals surface area contributed by atoms with Crippen LogP contribution in [0.2, 0.25) is 0 Å². The summed E-state index contributed by atoms with van der Waals surface area (Å²) in [5.74, 6) is 2.14. The molecule has 1 aromatic heterocycles. The van der Waals surface area contributed by atoms with E-state index in [1.54, 1.807) is 0 Å². The van der Waals surface area contributed by atoms with Crippen molar-refractivity contribution < 1.29 is 4.79 Å². The molecule has 1 aliphatic carbocycles. The van der Waals surface area contributed by atoms with Gasteiger partial charge in [0.25, 0.3) is 0 Å². The van der Waals surface area contributed by atoms with Gasteiger partial charge < -0.3 is 15.5 Å². The number of nitrogens with zero attached hydrogens (tertiary/aromatic N) is 3. The number of amides is 1. The lowest BCUT2D eigenvalue weighted by atomic mass is 9.86. The number of benzene rings is 2. The van der Waals surface area contributed by atoms with E-state index < -0.39 is 0 Å². The standard InChI is InChI=1S/C27H33N5O/c1-19(17-20-9-5-4-6-10-20)26(33)28-18-21-13-15-22(16-14-21)29-27-30-24-12-8-7-11-23(24)25(31-27)32(2)3/h4-12,17,21-22H,13-16,18H2,1-3H3,(H,28,33)(H,29,30,31). The normalized spacial score (nSPS) is 18.7. The minimum Gasteiger partial charge on any atom is -0.362 e. The topological polar surface area (TPSA) is 70.2 Å². The van der Waals surface area contributed by atoms with E-state index >= 15 is 0 Å². The Morgan fingerprint density at radius 2 is 1.70 bits per heavy atom. The number of nitrogens with one attached hydrogen (secondary N) is 2. The molecule has 33 heavy (non-hydrogen) atoms. The summed E-state index contributed by atoms with van der Waals surface area (Å²) in [6, 6.07) is 18.4. The van der Waals surface area contributed by atoms with Gasteiger partial charge in [0.1, 0.15) is 5.82 Å². The summed E-state index contributed by atoms with van der Waals surface area (Å²) >= 11 is 0. The van der Waals surface area contributed by atoms with Gasteiger partial charge in [-0.2, -0.15) is 4.98 Å². The summed E-state index contributed by atoms with van der Waals surface area (Å²) in [6.07, 6.45) is 6.18. The molecule has 0 bridgehead atoms. The van der Waals surface area contributed by atoms with Crippen LogP contribution in [0.4, 0.5) is 11.8 Å². The number of carbonyl (C=O) groups excluding carboxylic acids is 1. The predicted octanol–water partition coefficient (Wildman–Crippen LogP) is 4.89. The largest absolute Gasteiger partial charge is 0.362 e. The molecule has 0 unspecified atom stereocenters. The van der Waals surface area contributed by atoms with E-state index in [0.717, 1.165) is 60.1 Å². The van der Waals surface area contributed by atoms with Crippen LogP contribution in [-0.4, -0.2) is 42.6 Å². The van der Waals surface area contributed by atoms with Crippen molar-refractivity contribution in [1.82, 2.24) is 15.3 Å². The van der Waals surface area contributed by atoms with Gasteiger partial charge in [0.2, 0.25) is 11.9 Å². The summed E-state index contributed by atoms with van der Waals surface area (Å²) in [5.41, 5.74) is 2.74. The predicted molar refractivity (Wildman–Crippen MR) is 136 cm³/mol. The molecule has 2 aromatic carbocycles. The Bertz CT molecular complexity index is 1120. The van der Waals surface area contributed by atoms with Crippen LogP contribution in [0, 0.1) is 5.92 Å². The van der Waals surface area contributed by atoms with Crippen molar-refractivity contribution in [3.63, 3.8) is 0 Å². The highest BCUT2D eigenvalue weighted by Gasteiger charge is 2.23. The van der Waals surface area contributed by atoms with Gasteiger partial charge in [-0.15, -0.1) is 0 Å². The fourth-order valence-corrected chi connectivity index (χ4v) is 4.40. The summed E-state index contributed by atoms with van der Waals surface area (Å²) in [5, 5.41) is 7.73. The van der Waals surface area contributed by atoms with Crippen LogP contribution in [0.15, 0.2) is 60.2 Å². The summed E-state index contributed by atoms with van der Waals surface area (Å²) in [7, 11) is 4.02. The van der Waals surface area contributed by atoms with E-state index in [1.807, 2.05) is 80.5 Å². The minimum absolute atomic E-state index is 0.0138. The van der Waals surface area contributed by atoms with Crippen molar-refractivity contribution in [2.75, 3.05) is 30.9 Å². The fourth-order valence-electron chi connectivity index (χ4n) is 4.40. The average Bonchev–Trinajstić information content (AvgIpc) is 2.83. The number of hydrogen-bond donors (Lipinski definition) is 2. The molecule has 0 saturated heterocycles. The Labute approximate surface area is 196 Å². The van der Waals surface area contributed by atoms with E-state index in [9.17, 15) is 4.79 Å². The Hall–Kier alpha value is -3.41. The Kier molecular flexibility index (Phi) is 7.23. The first-order valence-corrected chi connectivity index (χ1v) is 11.7. The molecule has 1 fully saturated rings. The van der Waals surface area contributed by atoms with Crippen LogP contribution in [-0.2, 0) is 4.79 Å². The lowest BCUT2D eigenvalue weighted by Crippen LogP contribution is -2.34. The number of hydrogen-bond acceptors (Lipinski definition) is 5. The van der Waals surface area contributed by atoms with Gasteiger partial charge in [-0.05, 0) is 62.3 Å². The second-order valence-electron chi connectivity index (χ2n) is 9.09. The smallest absolute Gasteiger partial charge is 0.246 e. The highest BCUT2D eigenvalue weighted by Crippen LogP contribution is 2.28. The molecule has 0 radical (unpaired) electrons. The molecule has 172 valence electrons. The second-order valence-corrected chi connectivity index (χ2v) is 9.09. The molecule has 4 rings (SSSR count). The molecule has 0 atom stereocenters. The number of fused-ring (bicyclic) bond motifs is 1. The van der Waals surface area contributed by atoms with Crippen molar-refractivity contribution in [2.24, 2.45) is 5.92 Å². The van der Waals surface area contributed by atoms with Crippen molar-refractivity contribution >= 4 is 34.7 Å². The summed E-state index contributed by atoms with van der Waals surface area (Å²) in [6.45, 7) is 2.59. The second kappa shape index (κ2) is 10.5. The molecule has 1 aliphatic rings. The zero-order valence-corrected chi connectivity index (χ0v) is 19.7. The van der Waals surface area contributed by atoms with Gasteiger partial charge in [0.05, 0.1) is 5.52 Å². The van der Waals surface area contributed by atoms with Crippen LogP contribution in [0.25, 0.3) is 17.0 Å². The molecule has 1 amide bonds. The van der Waals surface area contributed by atoms with E-state index in [0.29, 0.717) is 17.9 Å². The van der Waals surface area contributed by atoms with Gasteiger partial charge in [-0.1, -0.05) is 42.5 Å².